The molecule has 0 aromatic carbocycles. The predicted molar refractivity (Wildman–Crippen MR) is 40.5 cm³/mol. The van der Waals surface area contributed by atoms with Crippen LogP contribution in [-0.2, 0) is 4.79 Å². The van der Waals surface area contributed by atoms with E-state index in [9.17, 15) is 4.79 Å². The van der Waals surface area contributed by atoms with Gasteiger partial charge in [-0.05, 0) is 32.7 Å². The van der Waals surface area contributed by atoms with Crippen LogP contribution in [0.1, 0.15) is 25.7 Å². The largest absolute Gasteiger partial charge is 0.317 e. The van der Waals surface area contributed by atoms with Gasteiger partial charge in [-0.2, -0.15) is 0 Å². The van der Waals surface area contributed by atoms with Crippen molar-refractivity contribution in [3.8, 4) is 0 Å². The van der Waals surface area contributed by atoms with Gasteiger partial charge in [0.05, 0.1) is 0 Å². The van der Waals surface area contributed by atoms with Crippen LogP contribution in [-0.4, -0.2) is 19.4 Å². The molecule has 1 N–H and O–H groups in total. The summed E-state index contributed by atoms with van der Waals surface area (Å²) in [5.41, 5.74) is 0. The third kappa shape index (κ3) is 1.81. The van der Waals surface area contributed by atoms with E-state index >= 15 is 0 Å². The molecule has 2 heteroatoms. The topological polar surface area (TPSA) is 29.1 Å². The number of hydrogen-bond acceptors (Lipinski definition) is 2. The van der Waals surface area contributed by atoms with Crippen LogP contribution in [0.5, 0.6) is 0 Å². The second kappa shape index (κ2) is 3.71. The zero-order chi connectivity index (χ0) is 7.40. The highest BCUT2D eigenvalue weighted by atomic mass is 16.1. The summed E-state index contributed by atoms with van der Waals surface area (Å²) in [5, 5.41) is 3.22. The Balaban J connectivity index is 2.23. The van der Waals surface area contributed by atoms with Crippen molar-refractivity contribution in [3.63, 3.8) is 0 Å². The number of carbonyl (C=O) groups excluding carboxylic acids is 1. The fourth-order valence-corrected chi connectivity index (χ4v) is 1.50. The van der Waals surface area contributed by atoms with Crippen LogP contribution >= 0.6 is 0 Å². The minimum atomic E-state index is 0.226. The third-order valence-electron chi connectivity index (χ3n) is 2.30. The highest BCUT2D eigenvalue weighted by Crippen LogP contribution is 2.21. The molecule has 1 aliphatic carbocycles. The molecule has 10 heavy (non-hydrogen) atoms. The second-order valence-electron chi connectivity index (χ2n) is 2.96. The van der Waals surface area contributed by atoms with Gasteiger partial charge in [0, 0.05) is 12.0 Å². The summed E-state index contributed by atoms with van der Waals surface area (Å²) in [6.45, 7) is 0. The molecule has 0 aliphatic heterocycles. The van der Waals surface area contributed by atoms with E-state index in [4.69, 9.17) is 0 Å². The molecule has 0 atom stereocenters. The molecule has 0 unspecified atom stereocenters. The van der Waals surface area contributed by atoms with E-state index in [2.05, 4.69) is 11.6 Å². The van der Waals surface area contributed by atoms with E-state index in [-0.39, 0.29) is 5.92 Å². The zero-order valence-corrected chi connectivity index (χ0v) is 6.39. The maximum Gasteiger partial charge on any atom is 0.201 e. The first-order chi connectivity index (χ1) is 4.86. The molecule has 0 bridgehead atoms. The Morgan fingerprint density at radius 1 is 1.30 bits per heavy atom. The molecular weight excluding hydrogens is 126 g/mol. The lowest BCUT2D eigenvalue weighted by Gasteiger charge is -2.24. The summed E-state index contributed by atoms with van der Waals surface area (Å²) < 4.78 is 0. The Kier molecular flexibility index (Phi) is 2.87. The van der Waals surface area contributed by atoms with E-state index in [0.29, 0.717) is 6.04 Å². The Morgan fingerprint density at radius 2 is 1.90 bits per heavy atom. The van der Waals surface area contributed by atoms with Gasteiger partial charge in [0.2, 0.25) is 6.29 Å². The average Bonchev–Trinajstić information content (AvgIpc) is 2.05. The van der Waals surface area contributed by atoms with Gasteiger partial charge in [0.1, 0.15) is 0 Å². The molecule has 0 aromatic heterocycles. The first-order valence-corrected chi connectivity index (χ1v) is 3.91. The van der Waals surface area contributed by atoms with Crippen molar-refractivity contribution >= 4 is 6.29 Å². The Hall–Kier alpha value is -0.370. The minimum absolute atomic E-state index is 0.226. The van der Waals surface area contributed by atoms with Crippen LogP contribution in [0.4, 0.5) is 0 Å². The van der Waals surface area contributed by atoms with E-state index in [1.165, 1.54) is 0 Å². The molecule has 0 saturated heterocycles. The first-order valence-electron chi connectivity index (χ1n) is 3.91. The fourth-order valence-electron chi connectivity index (χ4n) is 1.50. The quantitative estimate of drug-likeness (QED) is 0.616. The molecule has 0 aromatic rings. The lowest BCUT2D eigenvalue weighted by atomic mass is 9.87. The molecule has 2 nitrogen and oxygen atoms in total. The van der Waals surface area contributed by atoms with Crippen LogP contribution in [0.25, 0.3) is 0 Å². The lowest BCUT2D eigenvalue weighted by Crippen LogP contribution is -2.30. The van der Waals surface area contributed by atoms with Crippen LogP contribution in [0.15, 0.2) is 0 Å². The Bertz CT molecular complexity index is 106. The number of rotatable bonds is 2. The minimum Gasteiger partial charge on any atom is -0.317 e. The summed E-state index contributed by atoms with van der Waals surface area (Å²) in [7, 11) is 1.98. The molecule has 1 aliphatic rings. The van der Waals surface area contributed by atoms with Gasteiger partial charge in [-0.1, -0.05) is 0 Å². The normalized spacial score (nSPS) is 33.7. The molecule has 1 fully saturated rings. The molecule has 0 heterocycles. The fraction of sp³-hybridized carbons (Fsp3) is 0.875. The van der Waals surface area contributed by atoms with Crippen LogP contribution < -0.4 is 5.32 Å². The van der Waals surface area contributed by atoms with Crippen LogP contribution in [0, 0.1) is 5.92 Å². The molecule has 1 radical (unpaired) electrons. The molecule has 0 spiro atoms. The maximum absolute atomic E-state index is 10.2. The highest BCUT2D eigenvalue weighted by Gasteiger charge is 2.19. The maximum atomic E-state index is 10.2. The smallest absolute Gasteiger partial charge is 0.201 e. The summed E-state index contributed by atoms with van der Waals surface area (Å²) in [6, 6.07) is 0.643. The third-order valence-corrected chi connectivity index (χ3v) is 2.30. The van der Waals surface area contributed by atoms with E-state index in [1.54, 1.807) is 0 Å². The van der Waals surface area contributed by atoms with E-state index < -0.39 is 0 Å². The van der Waals surface area contributed by atoms with Crippen LogP contribution in [0.3, 0.4) is 0 Å². The van der Waals surface area contributed by atoms with Gasteiger partial charge in [-0.25, -0.2) is 0 Å². The summed E-state index contributed by atoms with van der Waals surface area (Å²) >= 11 is 0. The van der Waals surface area contributed by atoms with Crippen molar-refractivity contribution in [2.24, 2.45) is 5.92 Å². The van der Waals surface area contributed by atoms with E-state index in [0.717, 1.165) is 25.7 Å². The SMILES string of the molecule is CNC1CCC([C]=O)CC1. The monoisotopic (exact) mass is 140 g/mol. The van der Waals surface area contributed by atoms with Crippen molar-refractivity contribution < 1.29 is 4.79 Å². The standard InChI is InChI=1S/C8H14NO/c1-9-8-4-2-7(6-10)3-5-8/h7-9H,2-5H2,1H3. The zero-order valence-electron chi connectivity index (χ0n) is 6.39. The van der Waals surface area contributed by atoms with E-state index in [1.807, 2.05) is 7.05 Å². The van der Waals surface area contributed by atoms with Gasteiger partial charge >= 0.3 is 0 Å². The second-order valence-corrected chi connectivity index (χ2v) is 2.96. The number of nitrogens with one attached hydrogen (secondary N) is 1. The predicted octanol–water partition coefficient (Wildman–Crippen LogP) is 0.874. The van der Waals surface area contributed by atoms with Gasteiger partial charge in [0.15, 0.2) is 0 Å². The molecule has 0 amide bonds. The Morgan fingerprint density at radius 3 is 2.30 bits per heavy atom. The molecular formula is C8H14NO. The average molecular weight is 140 g/mol. The van der Waals surface area contributed by atoms with Gasteiger partial charge < -0.3 is 5.32 Å². The lowest BCUT2D eigenvalue weighted by molar-refractivity contribution is 0.345. The molecule has 1 rings (SSSR count). The van der Waals surface area contributed by atoms with Crippen molar-refractivity contribution in [3.05, 3.63) is 0 Å². The van der Waals surface area contributed by atoms with Gasteiger partial charge in [-0.3, -0.25) is 4.79 Å². The summed E-state index contributed by atoms with van der Waals surface area (Å²) in [5.74, 6) is 0.226. The number of hydrogen-bond donors (Lipinski definition) is 1. The highest BCUT2D eigenvalue weighted by molar-refractivity contribution is 5.54. The van der Waals surface area contributed by atoms with Crippen molar-refractivity contribution in [1.82, 2.24) is 5.32 Å². The van der Waals surface area contributed by atoms with Gasteiger partial charge in [-0.15, -0.1) is 0 Å². The summed E-state index contributed by atoms with van der Waals surface area (Å²) in [6.07, 6.45) is 6.39. The van der Waals surface area contributed by atoms with Crippen LogP contribution in [0.2, 0.25) is 0 Å². The summed E-state index contributed by atoms with van der Waals surface area (Å²) in [4.78, 5) is 10.2. The van der Waals surface area contributed by atoms with Crippen molar-refractivity contribution in [2.75, 3.05) is 7.05 Å². The van der Waals surface area contributed by atoms with Gasteiger partial charge in [0.25, 0.3) is 0 Å². The molecule has 57 valence electrons. The Labute approximate surface area is 62.0 Å². The molecule has 1 saturated carbocycles. The first kappa shape index (κ1) is 7.73. The van der Waals surface area contributed by atoms with Crippen molar-refractivity contribution in [2.45, 2.75) is 31.7 Å². The van der Waals surface area contributed by atoms with Crippen molar-refractivity contribution in [1.29, 1.82) is 0 Å².